The van der Waals surface area contributed by atoms with Crippen LogP contribution in [-0.2, 0) is 0 Å². The van der Waals surface area contributed by atoms with Crippen LogP contribution in [-0.4, -0.2) is 0 Å². The van der Waals surface area contributed by atoms with Crippen LogP contribution in [0.2, 0.25) is 0 Å². The van der Waals surface area contributed by atoms with Crippen molar-refractivity contribution in [1.82, 2.24) is 0 Å². The summed E-state index contributed by atoms with van der Waals surface area (Å²) < 4.78 is 0. The Morgan fingerprint density at radius 3 is 2.00 bits per heavy atom. The third-order valence-electron chi connectivity index (χ3n) is 1.79. The van der Waals surface area contributed by atoms with Crippen molar-refractivity contribution in [3.8, 4) is 0 Å². The van der Waals surface area contributed by atoms with Gasteiger partial charge < -0.3 is 0 Å². The fraction of sp³-hybridized carbons (Fsp3) is 0.455. The van der Waals surface area contributed by atoms with E-state index in [1.54, 1.807) is 0 Å². The molecule has 0 amide bonds. The Bertz CT molecular complexity index is 166. The standard InChI is InChI=1S/C11H16/c1-10(2)9-11-7-5-3-4-6-8-11/h3-8,10-11H,9H2,1-2H3. The molecule has 11 heavy (non-hydrogen) atoms. The van der Waals surface area contributed by atoms with E-state index < -0.39 is 0 Å². The zero-order valence-electron chi connectivity index (χ0n) is 7.33. The predicted molar refractivity (Wildman–Crippen MR) is 50.4 cm³/mol. The van der Waals surface area contributed by atoms with Gasteiger partial charge in [0.2, 0.25) is 0 Å². The first kappa shape index (κ1) is 8.32. The van der Waals surface area contributed by atoms with Crippen molar-refractivity contribution < 1.29 is 0 Å². The Hall–Kier alpha value is -0.780. The lowest BCUT2D eigenvalue weighted by molar-refractivity contribution is 0.533. The lowest BCUT2D eigenvalue weighted by atomic mass is 9.97. The van der Waals surface area contributed by atoms with Crippen LogP contribution >= 0.6 is 0 Å². The van der Waals surface area contributed by atoms with Crippen molar-refractivity contribution in [2.24, 2.45) is 11.8 Å². The normalized spacial score (nSPS) is 17.7. The second-order valence-electron chi connectivity index (χ2n) is 3.45. The average Bonchev–Trinajstić information content (AvgIpc) is 2.14. The highest BCUT2D eigenvalue weighted by Crippen LogP contribution is 2.15. The van der Waals surface area contributed by atoms with Gasteiger partial charge in [-0.25, -0.2) is 0 Å². The second kappa shape index (κ2) is 4.17. The van der Waals surface area contributed by atoms with Gasteiger partial charge in [0, 0.05) is 0 Å². The fourth-order valence-corrected chi connectivity index (χ4v) is 1.31. The van der Waals surface area contributed by atoms with Crippen LogP contribution in [0.5, 0.6) is 0 Å². The zero-order chi connectivity index (χ0) is 8.10. The van der Waals surface area contributed by atoms with Gasteiger partial charge in [-0.05, 0) is 18.3 Å². The van der Waals surface area contributed by atoms with Crippen molar-refractivity contribution in [3.05, 3.63) is 36.5 Å². The molecule has 0 heteroatoms. The maximum absolute atomic E-state index is 2.26. The fourth-order valence-electron chi connectivity index (χ4n) is 1.31. The van der Waals surface area contributed by atoms with E-state index in [0.717, 1.165) is 5.92 Å². The minimum absolute atomic E-state index is 0.644. The van der Waals surface area contributed by atoms with E-state index in [9.17, 15) is 0 Å². The molecule has 1 rings (SSSR count). The van der Waals surface area contributed by atoms with Crippen LogP contribution in [0.25, 0.3) is 0 Å². The van der Waals surface area contributed by atoms with Crippen molar-refractivity contribution in [2.45, 2.75) is 20.3 Å². The summed E-state index contributed by atoms with van der Waals surface area (Å²) in [5.41, 5.74) is 0. The Morgan fingerprint density at radius 2 is 1.55 bits per heavy atom. The van der Waals surface area contributed by atoms with Crippen LogP contribution in [0.15, 0.2) is 36.5 Å². The number of hydrogen-bond acceptors (Lipinski definition) is 0. The molecule has 60 valence electrons. The summed E-state index contributed by atoms with van der Waals surface area (Å²) in [5, 5.41) is 0. The molecule has 0 radical (unpaired) electrons. The van der Waals surface area contributed by atoms with Crippen molar-refractivity contribution in [2.75, 3.05) is 0 Å². The first-order valence-electron chi connectivity index (χ1n) is 4.30. The summed E-state index contributed by atoms with van der Waals surface area (Å²) in [6.45, 7) is 4.53. The van der Waals surface area contributed by atoms with E-state index in [-0.39, 0.29) is 0 Å². The van der Waals surface area contributed by atoms with Crippen LogP contribution in [0.1, 0.15) is 20.3 Å². The number of hydrogen-bond donors (Lipinski definition) is 0. The van der Waals surface area contributed by atoms with Crippen molar-refractivity contribution in [1.29, 1.82) is 0 Å². The van der Waals surface area contributed by atoms with Gasteiger partial charge in [-0.15, -0.1) is 0 Å². The predicted octanol–water partition coefficient (Wildman–Crippen LogP) is 3.33. The SMILES string of the molecule is CC(C)CC1C=CC=CC=C1. The molecule has 0 N–H and O–H groups in total. The van der Waals surface area contributed by atoms with Gasteiger partial charge in [0.05, 0.1) is 0 Å². The van der Waals surface area contributed by atoms with Gasteiger partial charge in [0.15, 0.2) is 0 Å². The molecule has 1 aliphatic rings. The summed E-state index contributed by atoms with van der Waals surface area (Å²) in [4.78, 5) is 0. The van der Waals surface area contributed by atoms with Gasteiger partial charge in [-0.3, -0.25) is 0 Å². The zero-order valence-corrected chi connectivity index (χ0v) is 7.33. The maximum Gasteiger partial charge on any atom is -0.00448 e. The highest BCUT2D eigenvalue weighted by atomic mass is 14.1. The van der Waals surface area contributed by atoms with E-state index >= 15 is 0 Å². The summed E-state index contributed by atoms with van der Waals surface area (Å²) in [7, 11) is 0. The van der Waals surface area contributed by atoms with E-state index in [1.807, 2.05) is 0 Å². The minimum Gasteiger partial charge on any atom is -0.0776 e. The highest BCUT2D eigenvalue weighted by molar-refractivity contribution is 5.19. The van der Waals surface area contributed by atoms with Gasteiger partial charge in [0.1, 0.15) is 0 Å². The monoisotopic (exact) mass is 148 g/mol. The molecule has 0 heterocycles. The molecular formula is C11H16. The Labute approximate surface area is 69.3 Å². The maximum atomic E-state index is 2.26. The van der Waals surface area contributed by atoms with E-state index in [0.29, 0.717) is 5.92 Å². The molecule has 0 unspecified atom stereocenters. The van der Waals surface area contributed by atoms with Gasteiger partial charge in [0.25, 0.3) is 0 Å². The Morgan fingerprint density at radius 1 is 1.00 bits per heavy atom. The molecule has 0 saturated heterocycles. The average molecular weight is 148 g/mol. The number of rotatable bonds is 2. The summed E-state index contributed by atoms with van der Waals surface area (Å²) in [6, 6.07) is 0. The molecule has 0 aromatic rings. The smallest absolute Gasteiger partial charge is 0.00448 e. The lowest BCUT2D eigenvalue weighted by Crippen LogP contribution is -1.97. The molecular weight excluding hydrogens is 132 g/mol. The van der Waals surface area contributed by atoms with Gasteiger partial charge >= 0.3 is 0 Å². The third-order valence-corrected chi connectivity index (χ3v) is 1.79. The molecule has 0 aromatic carbocycles. The quantitative estimate of drug-likeness (QED) is 0.563. The molecule has 0 fully saturated rings. The minimum atomic E-state index is 0.644. The van der Waals surface area contributed by atoms with Gasteiger partial charge in [-0.2, -0.15) is 0 Å². The largest absolute Gasteiger partial charge is 0.0776 e. The van der Waals surface area contributed by atoms with Crippen molar-refractivity contribution >= 4 is 0 Å². The van der Waals surface area contributed by atoms with Crippen LogP contribution in [0.4, 0.5) is 0 Å². The molecule has 1 aliphatic carbocycles. The summed E-state index contributed by atoms with van der Waals surface area (Å²) in [5.74, 6) is 1.43. The third kappa shape index (κ3) is 3.22. The molecule has 0 aliphatic heterocycles. The first-order chi connectivity index (χ1) is 5.29. The van der Waals surface area contributed by atoms with Crippen LogP contribution in [0, 0.1) is 11.8 Å². The molecule has 0 saturated carbocycles. The summed E-state index contributed by atoms with van der Waals surface area (Å²) in [6.07, 6.45) is 14.2. The van der Waals surface area contributed by atoms with E-state index in [2.05, 4.69) is 50.3 Å². The highest BCUT2D eigenvalue weighted by Gasteiger charge is 2.02. The van der Waals surface area contributed by atoms with Crippen LogP contribution < -0.4 is 0 Å². The molecule has 0 nitrogen and oxygen atoms in total. The molecule has 0 spiro atoms. The second-order valence-corrected chi connectivity index (χ2v) is 3.45. The van der Waals surface area contributed by atoms with E-state index in [4.69, 9.17) is 0 Å². The van der Waals surface area contributed by atoms with Gasteiger partial charge in [-0.1, -0.05) is 50.3 Å². The van der Waals surface area contributed by atoms with Crippen molar-refractivity contribution in [3.63, 3.8) is 0 Å². The Kier molecular flexibility index (Phi) is 3.15. The first-order valence-corrected chi connectivity index (χ1v) is 4.30. The van der Waals surface area contributed by atoms with E-state index in [1.165, 1.54) is 6.42 Å². The molecule has 0 atom stereocenters. The topological polar surface area (TPSA) is 0 Å². The summed E-state index contributed by atoms with van der Waals surface area (Å²) >= 11 is 0. The Balaban J connectivity index is 2.46. The van der Waals surface area contributed by atoms with Crippen LogP contribution in [0.3, 0.4) is 0 Å². The number of allylic oxidation sites excluding steroid dienone is 6. The molecule has 0 aromatic heterocycles. The lowest BCUT2D eigenvalue weighted by Gasteiger charge is -2.09. The molecule has 0 bridgehead atoms.